The Kier molecular flexibility index (Phi) is 12.5. The van der Waals surface area contributed by atoms with E-state index in [9.17, 15) is 19.8 Å². The number of hydrogen-bond donors (Lipinski definition) is 4. The molecule has 2 rings (SSSR count). The molecule has 2 amide bonds. The molecule has 0 aliphatic rings. The Hall–Kier alpha value is -4.18. The van der Waals surface area contributed by atoms with E-state index in [4.69, 9.17) is 19.9 Å². The molecule has 0 saturated heterocycles. The van der Waals surface area contributed by atoms with E-state index in [1.807, 2.05) is 0 Å². The summed E-state index contributed by atoms with van der Waals surface area (Å²) < 4.78 is 15.4. The molecule has 2 aromatic carbocycles. The number of benzene rings is 2. The van der Waals surface area contributed by atoms with Gasteiger partial charge in [-0.25, -0.2) is 0 Å². The Labute approximate surface area is 223 Å². The van der Waals surface area contributed by atoms with Gasteiger partial charge in [0.15, 0.2) is 23.0 Å². The number of nitrogens with zero attached hydrogens (tertiary/aromatic N) is 1. The van der Waals surface area contributed by atoms with E-state index < -0.39 is 0 Å². The van der Waals surface area contributed by atoms with Gasteiger partial charge in [0.05, 0.1) is 21.3 Å². The van der Waals surface area contributed by atoms with Gasteiger partial charge in [0.25, 0.3) is 0 Å². The summed E-state index contributed by atoms with van der Waals surface area (Å²) in [6.45, 7) is 1.94. The fourth-order valence-electron chi connectivity index (χ4n) is 3.57. The lowest BCUT2D eigenvalue weighted by molar-refractivity contribution is -0.126. The summed E-state index contributed by atoms with van der Waals surface area (Å²) in [4.78, 5) is 26.8. The second-order valence-electron chi connectivity index (χ2n) is 8.34. The van der Waals surface area contributed by atoms with Gasteiger partial charge in [0.1, 0.15) is 0 Å². The molecule has 0 aliphatic carbocycles. The van der Waals surface area contributed by atoms with Gasteiger partial charge in [-0.1, -0.05) is 6.07 Å². The molecule has 0 saturated carbocycles. The minimum absolute atomic E-state index is 0.0267. The zero-order valence-corrected chi connectivity index (χ0v) is 22.1. The lowest BCUT2D eigenvalue weighted by Gasteiger charge is -2.21. The standard InChI is InChI=1S/C28H37N3O7/c1-36-23-17-20(7-10-22(23)32)9-12-27(34)31(15-5-4-13-29)16-6-14-30-26(33)11-8-21-18-24(37-2)28(35)25(19-21)38-3/h7-12,17-19,32,35H,4-6,13-16,29H2,1-3H3,(H,30,33)/b11-8+,12-9+. The second kappa shape index (κ2) is 15.8. The fraction of sp³-hybridized carbons (Fsp3) is 0.357. The maximum atomic E-state index is 12.8. The summed E-state index contributed by atoms with van der Waals surface area (Å²) in [5.41, 5.74) is 6.95. The summed E-state index contributed by atoms with van der Waals surface area (Å²) in [6, 6.07) is 8.02. The van der Waals surface area contributed by atoms with Crippen LogP contribution in [0.5, 0.6) is 28.7 Å². The summed E-state index contributed by atoms with van der Waals surface area (Å²) in [5, 5.41) is 22.5. The first-order chi connectivity index (χ1) is 18.3. The largest absolute Gasteiger partial charge is 0.504 e. The molecule has 10 heteroatoms. The van der Waals surface area contributed by atoms with Crippen LogP contribution in [0.15, 0.2) is 42.5 Å². The monoisotopic (exact) mass is 527 g/mol. The van der Waals surface area contributed by atoms with Gasteiger partial charge in [-0.15, -0.1) is 0 Å². The summed E-state index contributed by atoms with van der Waals surface area (Å²) in [7, 11) is 4.32. The predicted molar refractivity (Wildman–Crippen MR) is 146 cm³/mol. The van der Waals surface area contributed by atoms with Gasteiger partial charge in [-0.2, -0.15) is 0 Å². The van der Waals surface area contributed by atoms with Gasteiger partial charge in [-0.3, -0.25) is 9.59 Å². The normalized spacial score (nSPS) is 11.1. The molecule has 38 heavy (non-hydrogen) atoms. The highest BCUT2D eigenvalue weighted by Gasteiger charge is 2.12. The van der Waals surface area contributed by atoms with Crippen molar-refractivity contribution in [3.8, 4) is 28.7 Å². The number of aromatic hydroxyl groups is 2. The van der Waals surface area contributed by atoms with E-state index in [2.05, 4.69) is 5.32 Å². The second-order valence-corrected chi connectivity index (χ2v) is 8.34. The number of methoxy groups -OCH3 is 3. The van der Waals surface area contributed by atoms with Crippen LogP contribution in [0.25, 0.3) is 12.2 Å². The van der Waals surface area contributed by atoms with Crippen molar-refractivity contribution in [3.63, 3.8) is 0 Å². The third-order valence-electron chi connectivity index (χ3n) is 5.65. The van der Waals surface area contributed by atoms with Crippen molar-refractivity contribution in [3.05, 3.63) is 53.6 Å². The Balaban J connectivity index is 1.92. The molecule has 0 atom stereocenters. The molecule has 2 aromatic rings. The van der Waals surface area contributed by atoms with Crippen LogP contribution >= 0.6 is 0 Å². The molecule has 0 aromatic heterocycles. The van der Waals surface area contributed by atoms with Crippen molar-refractivity contribution in [1.29, 1.82) is 0 Å². The molecule has 206 valence electrons. The summed E-state index contributed by atoms with van der Waals surface area (Å²) >= 11 is 0. The van der Waals surface area contributed by atoms with Crippen molar-refractivity contribution in [2.24, 2.45) is 5.73 Å². The first-order valence-corrected chi connectivity index (χ1v) is 12.3. The number of nitrogens with one attached hydrogen (secondary N) is 1. The Morgan fingerprint density at radius 2 is 1.47 bits per heavy atom. The lowest BCUT2D eigenvalue weighted by Crippen LogP contribution is -2.34. The Morgan fingerprint density at radius 3 is 2.11 bits per heavy atom. The molecular weight excluding hydrogens is 490 g/mol. The van der Waals surface area contributed by atoms with Crippen molar-refractivity contribution in [2.75, 3.05) is 47.5 Å². The number of nitrogens with two attached hydrogens (primary N) is 1. The zero-order chi connectivity index (χ0) is 27.9. The van der Waals surface area contributed by atoms with Crippen LogP contribution in [-0.2, 0) is 9.59 Å². The average molecular weight is 528 g/mol. The van der Waals surface area contributed by atoms with E-state index in [0.29, 0.717) is 43.9 Å². The molecule has 0 aliphatic heterocycles. The van der Waals surface area contributed by atoms with Crippen molar-refractivity contribution >= 4 is 24.0 Å². The van der Waals surface area contributed by atoms with Crippen LogP contribution in [0.1, 0.15) is 30.4 Å². The molecule has 0 fully saturated rings. The van der Waals surface area contributed by atoms with Crippen LogP contribution in [0.3, 0.4) is 0 Å². The minimum atomic E-state index is -0.293. The topological polar surface area (TPSA) is 144 Å². The lowest BCUT2D eigenvalue weighted by atomic mass is 10.1. The van der Waals surface area contributed by atoms with Crippen molar-refractivity contribution in [2.45, 2.75) is 19.3 Å². The van der Waals surface area contributed by atoms with E-state index in [0.717, 1.165) is 18.4 Å². The number of rotatable bonds is 15. The molecule has 10 nitrogen and oxygen atoms in total. The van der Waals surface area contributed by atoms with Gasteiger partial charge < -0.3 is 40.4 Å². The van der Waals surface area contributed by atoms with Crippen LogP contribution in [0.2, 0.25) is 0 Å². The van der Waals surface area contributed by atoms with Crippen LogP contribution in [0, 0.1) is 0 Å². The number of unbranched alkanes of at least 4 members (excludes halogenated alkanes) is 1. The number of amides is 2. The number of carbonyl (C=O) groups excluding carboxylic acids is 2. The first kappa shape index (κ1) is 30.0. The number of carbonyl (C=O) groups is 2. The van der Waals surface area contributed by atoms with Crippen LogP contribution < -0.4 is 25.3 Å². The van der Waals surface area contributed by atoms with Crippen molar-refractivity contribution in [1.82, 2.24) is 10.2 Å². The SMILES string of the molecule is COc1cc(/C=C/C(=O)N(CCCCN)CCCNC(=O)/C=C/c2cc(OC)c(O)c(OC)c2)ccc1O. The number of phenols is 2. The molecule has 0 radical (unpaired) electrons. The first-order valence-electron chi connectivity index (χ1n) is 12.3. The molecule has 0 bridgehead atoms. The maximum absolute atomic E-state index is 12.8. The molecule has 5 N–H and O–H groups in total. The number of hydrogen-bond acceptors (Lipinski definition) is 8. The maximum Gasteiger partial charge on any atom is 0.246 e. The molecule has 0 heterocycles. The summed E-state index contributed by atoms with van der Waals surface area (Å²) in [5.74, 6) is 0.269. The highest BCUT2D eigenvalue weighted by molar-refractivity contribution is 5.92. The van der Waals surface area contributed by atoms with Gasteiger partial charge >= 0.3 is 0 Å². The van der Waals surface area contributed by atoms with Gasteiger partial charge in [0.2, 0.25) is 17.6 Å². The van der Waals surface area contributed by atoms with E-state index in [-0.39, 0.29) is 34.8 Å². The molecule has 0 spiro atoms. The summed E-state index contributed by atoms with van der Waals surface area (Å²) in [6.07, 6.45) is 8.26. The number of ether oxygens (including phenoxy) is 3. The van der Waals surface area contributed by atoms with E-state index in [1.165, 1.54) is 39.5 Å². The van der Waals surface area contributed by atoms with E-state index >= 15 is 0 Å². The minimum Gasteiger partial charge on any atom is -0.504 e. The van der Waals surface area contributed by atoms with Crippen LogP contribution in [-0.4, -0.2) is 74.4 Å². The molecular formula is C28H37N3O7. The third kappa shape index (κ3) is 9.36. The Morgan fingerprint density at radius 1 is 0.868 bits per heavy atom. The number of phenolic OH excluding ortho intramolecular Hbond substituents is 2. The zero-order valence-electron chi connectivity index (χ0n) is 22.1. The van der Waals surface area contributed by atoms with E-state index in [1.54, 1.807) is 41.3 Å². The van der Waals surface area contributed by atoms with Gasteiger partial charge in [-0.05, 0) is 73.4 Å². The molecule has 0 unspecified atom stereocenters. The third-order valence-corrected chi connectivity index (χ3v) is 5.65. The Bertz CT molecular complexity index is 1110. The van der Waals surface area contributed by atoms with Gasteiger partial charge in [0, 0.05) is 31.8 Å². The predicted octanol–water partition coefficient (Wildman–Crippen LogP) is 2.92. The van der Waals surface area contributed by atoms with Crippen LogP contribution in [0.4, 0.5) is 0 Å². The highest BCUT2D eigenvalue weighted by atomic mass is 16.5. The smallest absolute Gasteiger partial charge is 0.246 e. The quantitative estimate of drug-likeness (QED) is 0.204. The van der Waals surface area contributed by atoms with Crippen molar-refractivity contribution < 1.29 is 34.0 Å². The highest BCUT2D eigenvalue weighted by Crippen LogP contribution is 2.37. The fourth-order valence-corrected chi connectivity index (χ4v) is 3.57. The average Bonchev–Trinajstić information content (AvgIpc) is 2.93.